The highest BCUT2D eigenvalue weighted by Gasteiger charge is 2.28. The Morgan fingerprint density at radius 3 is 2.49 bits per heavy atom. The van der Waals surface area contributed by atoms with Crippen LogP contribution < -0.4 is 14.4 Å². The predicted octanol–water partition coefficient (Wildman–Crippen LogP) is 5.08. The third-order valence-corrected chi connectivity index (χ3v) is 8.48. The van der Waals surface area contributed by atoms with Crippen molar-refractivity contribution in [2.45, 2.75) is 45.4 Å². The zero-order valence-corrected chi connectivity index (χ0v) is 23.2. The number of ether oxygens (including phenoxy) is 2. The second-order valence-electron chi connectivity index (χ2n) is 11.2. The van der Waals surface area contributed by atoms with Gasteiger partial charge in [-0.05, 0) is 55.3 Å². The summed E-state index contributed by atoms with van der Waals surface area (Å²) in [5.74, 6) is 3.23. The molecule has 7 rings (SSSR count). The van der Waals surface area contributed by atoms with Gasteiger partial charge < -0.3 is 19.3 Å². The number of piperazine rings is 1. The molecule has 1 amide bonds. The molecule has 1 aliphatic carbocycles. The number of nitrogens with zero attached hydrogens (tertiary/aromatic N) is 6. The maximum Gasteiger partial charge on any atom is 0.254 e. The van der Waals surface area contributed by atoms with Gasteiger partial charge in [0.05, 0.1) is 16.8 Å². The first-order valence-electron chi connectivity index (χ1n) is 14.5. The van der Waals surface area contributed by atoms with Gasteiger partial charge in [-0.3, -0.25) is 4.79 Å². The number of amides is 1. The molecule has 2 aromatic carbocycles. The lowest BCUT2D eigenvalue weighted by atomic mass is 9.87. The van der Waals surface area contributed by atoms with Crippen molar-refractivity contribution in [3.63, 3.8) is 0 Å². The minimum atomic E-state index is -0.289. The van der Waals surface area contributed by atoms with Crippen LogP contribution in [0.3, 0.4) is 0 Å². The molecule has 0 spiro atoms. The molecule has 4 heterocycles. The van der Waals surface area contributed by atoms with Gasteiger partial charge in [-0.25, -0.2) is 19.0 Å². The van der Waals surface area contributed by atoms with Crippen molar-refractivity contribution in [2.75, 3.05) is 37.9 Å². The molecule has 1 saturated carbocycles. The van der Waals surface area contributed by atoms with E-state index in [2.05, 4.69) is 4.90 Å². The van der Waals surface area contributed by atoms with Crippen LogP contribution in [0.25, 0.3) is 16.7 Å². The molecule has 0 radical (unpaired) electrons. The van der Waals surface area contributed by atoms with Gasteiger partial charge in [0.25, 0.3) is 5.91 Å². The number of carbonyl (C=O) groups excluding carboxylic acids is 1. The Hall–Kier alpha value is -4.21. The number of fused-ring (bicyclic) bond motifs is 2. The Balaban J connectivity index is 1.19. The smallest absolute Gasteiger partial charge is 0.254 e. The summed E-state index contributed by atoms with van der Waals surface area (Å²) in [6.07, 6.45) is 7.05. The highest BCUT2D eigenvalue weighted by atomic mass is 19.1. The zero-order valence-electron chi connectivity index (χ0n) is 23.2. The first kappa shape index (κ1) is 25.7. The van der Waals surface area contributed by atoms with E-state index in [1.165, 1.54) is 44.2 Å². The minimum absolute atomic E-state index is 0.0194. The van der Waals surface area contributed by atoms with Crippen LogP contribution in [0.1, 0.15) is 54.0 Å². The molecule has 0 bridgehead atoms. The Bertz CT molecular complexity index is 1590. The molecule has 0 atom stereocenters. The highest BCUT2D eigenvalue weighted by molar-refractivity contribution is 5.95. The van der Waals surface area contributed by atoms with Gasteiger partial charge in [-0.2, -0.15) is 5.10 Å². The van der Waals surface area contributed by atoms with Crippen LogP contribution >= 0.6 is 0 Å². The summed E-state index contributed by atoms with van der Waals surface area (Å²) in [6, 6.07) is 11.7. The largest absolute Gasteiger partial charge is 0.454 e. The lowest BCUT2D eigenvalue weighted by Crippen LogP contribution is -2.49. The Kier molecular flexibility index (Phi) is 6.68. The third-order valence-electron chi connectivity index (χ3n) is 8.48. The number of hydrogen-bond donors (Lipinski definition) is 0. The van der Waals surface area contributed by atoms with Crippen LogP contribution in [0.15, 0.2) is 42.5 Å². The summed E-state index contributed by atoms with van der Waals surface area (Å²) in [7, 11) is 0. The topological polar surface area (TPSA) is 85.6 Å². The summed E-state index contributed by atoms with van der Waals surface area (Å²) in [5, 5.41) is 5.72. The summed E-state index contributed by atoms with van der Waals surface area (Å²) in [4.78, 5) is 27.6. The number of rotatable bonds is 5. The number of benzene rings is 2. The Morgan fingerprint density at radius 1 is 0.951 bits per heavy atom. The maximum atomic E-state index is 13.7. The van der Waals surface area contributed by atoms with Crippen LogP contribution in [-0.2, 0) is 6.42 Å². The second-order valence-corrected chi connectivity index (χ2v) is 11.2. The summed E-state index contributed by atoms with van der Waals surface area (Å²) < 4.78 is 26.4. The molecule has 212 valence electrons. The molecule has 4 aromatic rings. The van der Waals surface area contributed by atoms with Crippen molar-refractivity contribution in [1.82, 2.24) is 24.6 Å². The standard InChI is InChI=1S/C31H33FN6O3/c1-20-28-29(36-13-15-37(16-14-36)31(39)22-7-12-25-26(18-22)41-19-40-25)33-27(17-21-5-3-2-4-6-21)34-30(28)38(35-20)24-10-8-23(32)9-11-24/h7-12,18,21H,2-6,13-17,19H2,1H3. The summed E-state index contributed by atoms with van der Waals surface area (Å²) >= 11 is 0. The summed E-state index contributed by atoms with van der Waals surface area (Å²) in [6.45, 7) is 4.58. The predicted molar refractivity (Wildman–Crippen MR) is 152 cm³/mol. The fourth-order valence-electron chi connectivity index (χ4n) is 6.27. The number of halogens is 1. The Morgan fingerprint density at radius 2 is 1.71 bits per heavy atom. The fourth-order valence-corrected chi connectivity index (χ4v) is 6.27. The second kappa shape index (κ2) is 10.6. The molecule has 2 fully saturated rings. The van der Waals surface area contributed by atoms with Crippen LogP contribution in [-0.4, -0.2) is 63.5 Å². The van der Waals surface area contributed by atoms with Gasteiger partial charge in [0.1, 0.15) is 17.5 Å². The van der Waals surface area contributed by atoms with E-state index in [0.717, 1.165) is 40.5 Å². The lowest BCUT2D eigenvalue weighted by molar-refractivity contribution is 0.0746. The first-order chi connectivity index (χ1) is 20.0. The van der Waals surface area contributed by atoms with Gasteiger partial charge in [0.15, 0.2) is 17.1 Å². The number of hydrogen-bond acceptors (Lipinski definition) is 7. The maximum absolute atomic E-state index is 13.7. The average molecular weight is 557 g/mol. The monoisotopic (exact) mass is 556 g/mol. The van der Waals surface area contributed by atoms with Crippen LogP contribution in [0.5, 0.6) is 11.5 Å². The van der Waals surface area contributed by atoms with Gasteiger partial charge in [-0.1, -0.05) is 32.1 Å². The van der Waals surface area contributed by atoms with E-state index in [1.54, 1.807) is 35.0 Å². The number of aromatic nitrogens is 4. The van der Waals surface area contributed by atoms with Crippen LogP contribution in [0.4, 0.5) is 10.2 Å². The van der Waals surface area contributed by atoms with E-state index in [9.17, 15) is 9.18 Å². The zero-order chi connectivity index (χ0) is 27.9. The number of anilines is 1. The van der Waals surface area contributed by atoms with Gasteiger partial charge in [0.2, 0.25) is 6.79 Å². The third kappa shape index (κ3) is 4.96. The van der Waals surface area contributed by atoms with Crippen molar-refractivity contribution in [1.29, 1.82) is 0 Å². The molecule has 3 aliphatic rings. The molecule has 9 nitrogen and oxygen atoms in total. The SMILES string of the molecule is Cc1nn(-c2ccc(F)cc2)c2nc(CC3CCCCC3)nc(N3CCN(C(=O)c4ccc5c(c4)OCO5)CC3)c12. The molecule has 41 heavy (non-hydrogen) atoms. The molecule has 2 aromatic heterocycles. The molecule has 2 aliphatic heterocycles. The highest BCUT2D eigenvalue weighted by Crippen LogP contribution is 2.34. The van der Waals surface area contributed by atoms with Gasteiger partial charge in [-0.15, -0.1) is 0 Å². The molecule has 10 heteroatoms. The van der Waals surface area contributed by atoms with Crippen molar-refractivity contribution in [3.05, 3.63) is 65.4 Å². The van der Waals surface area contributed by atoms with E-state index in [1.807, 2.05) is 11.8 Å². The normalized spacial score (nSPS) is 17.4. The summed E-state index contributed by atoms with van der Waals surface area (Å²) in [5.41, 5.74) is 2.92. The number of aryl methyl sites for hydroxylation is 1. The van der Waals surface area contributed by atoms with Crippen molar-refractivity contribution >= 4 is 22.8 Å². The van der Waals surface area contributed by atoms with Crippen molar-refractivity contribution in [2.24, 2.45) is 5.92 Å². The molecule has 0 unspecified atom stereocenters. The van der Waals surface area contributed by atoms with Gasteiger partial charge >= 0.3 is 0 Å². The van der Waals surface area contributed by atoms with E-state index in [-0.39, 0.29) is 18.5 Å². The lowest BCUT2D eigenvalue weighted by Gasteiger charge is -2.36. The molecular weight excluding hydrogens is 523 g/mol. The van der Waals surface area contributed by atoms with Crippen LogP contribution in [0, 0.1) is 18.7 Å². The average Bonchev–Trinajstić information content (AvgIpc) is 3.61. The van der Waals surface area contributed by atoms with E-state index >= 15 is 0 Å². The van der Waals surface area contributed by atoms with Crippen LogP contribution in [0.2, 0.25) is 0 Å². The molecule has 1 saturated heterocycles. The molecular formula is C31H33FN6O3. The fraction of sp³-hybridized carbons (Fsp3) is 0.419. The van der Waals surface area contributed by atoms with Crippen molar-refractivity contribution in [3.8, 4) is 17.2 Å². The van der Waals surface area contributed by atoms with Crippen molar-refractivity contribution < 1.29 is 18.7 Å². The van der Waals surface area contributed by atoms with E-state index in [4.69, 9.17) is 24.5 Å². The Labute approximate surface area is 237 Å². The number of carbonyl (C=O) groups is 1. The molecule has 0 N–H and O–H groups in total. The quantitative estimate of drug-likeness (QED) is 0.339. The van der Waals surface area contributed by atoms with E-state index in [0.29, 0.717) is 49.2 Å². The van der Waals surface area contributed by atoms with E-state index < -0.39 is 0 Å². The minimum Gasteiger partial charge on any atom is -0.454 e. The van der Waals surface area contributed by atoms with Gasteiger partial charge in [0, 0.05) is 38.2 Å². The first-order valence-corrected chi connectivity index (χ1v) is 14.5.